The van der Waals surface area contributed by atoms with E-state index in [4.69, 9.17) is 4.74 Å². The third-order valence-electron chi connectivity index (χ3n) is 3.87. The quantitative estimate of drug-likeness (QED) is 0.920. The molecule has 2 heterocycles. The van der Waals surface area contributed by atoms with Crippen LogP contribution in [-0.4, -0.2) is 35.6 Å². The van der Waals surface area contributed by atoms with Crippen LogP contribution in [0.25, 0.3) is 0 Å². The van der Waals surface area contributed by atoms with E-state index in [1.807, 2.05) is 24.3 Å². The van der Waals surface area contributed by atoms with E-state index in [1.54, 1.807) is 6.20 Å². The van der Waals surface area contributed by atoms with E-state index in [0.717, 1.165) is 37.6 Å². The van der Waals surface area contributed by atoms with E-state index >= 15 is 0 Å². The lowest BCUT2D eigenvalue weighted by molar-refractivity contribution is 0.199. The number of hydrogen-bond acceptors (Lipinski definition) is 4. The number of nitrogens with zero attached hydrogens (tertiary/aromatic N) is 2. The third-order valence-corrected chi connectivity index (χ3v) is 3.87. The van der Waals surface area contributed by atoms with Gasteiger partial charge in [0, 0.05) is 38.4 Å². The van der Waals surface area contributed by atoms with Gasteiger partial charge < -0.3 is 10.1 Å². The van der Waals surface area contributed by atoms with E-state index in [1.165, 1.54) is 5.56 Å². The molecule has 0 amide bonds. The van der Waals surface area contributed by atoms with Gasteiger partial charge in [-0.25, -0.2) is 0 Å². The molecular formula is C18H23N3O. The molecule has 1 N–H and O–H groups in total. The van der Waals surface area contributed by atoms with Crippen LogP contribution in [0.1, 0.15) is 18.2 Å². The van der Waals surface area contributed by atoms with Gasteiger partial charge in [0.15, 0.2) is 0 Å². The summed E-state index contributed by atoms with van der Waals surface area (Å²) in [5.74, 6) is 0.909. The Morgan fingerprint density at radius 1 is 1.27 bits per heavy atom. The number of rotatable bonds is 5. The molecule has 1 fully saturated rings. The minimum absolute atomic E-state index is 0.509. The highest BCUT2D eigenvalue weighted by Crippen LogP contribution is 2.17. The van der Waals surface area contributed by atoms with E-state index in [-0.39, 0.29) is 0 Å². The van der Waals surface area contributed by atoms with Crippen LogP contribution in [0.15, 0.2) is 48.7 Å². The molecule has 2 aromatic rings. The summed E-state index contributed by atoms with van der Waals surface area (Å²) in [6, 6.07) is 14.8. The number of nitrogens with one attached hydrogen (secondary N) is 1. The first kappa shape index (κ1) is 15.0. The van der Waals surface area contributed by atoms with Crippen molar-refractivity contribution in [2.24, 2.45) is 0 Å². The predicted molar refractivity (Wildman–Crippen MR) is 87.8 cm³/mol. The van der Waals surface area contributed by atoms with Crippen LogP contribution in [-0.2, 0) is 13.2 Å². The van der Waals surface area contributed by atoms with Crippen molar-refractivity contribution in [2.45, 2.75) is 26.1 Å². The normalized spacial score (nSPS) is 19.0. The lowest BCUT2D eigenvalue weighted by Gasteiger charge is -2.31. The zero-order valence-corrected chi connectivity index (χ0v) is 13.0. The van der Waals surface area contributed by atoms with Crippen molar-refractivity contribution < 1.29 is 4.74 Å². The number of ether oxygens (including phenoxy) is 1. The molecule has 1 aromatic heterocycles. The third kappa shape index (κ3) is 4.29. The highest BCUT2D eigenvalue weighted by molar-refractivity contribution is 5.28. The second kappa shape index (κ2) is 7.38. The molecule has 3 rings (SSSR count). The molecule has 116 valence electrons. The summed E-state index contributed by atoms with van der Waals surface area (Å²) < 4.78 is 5.85. The first-order valence-electron chi connectivity index (χ1n) is 7.87. The minimum Gasteiger partial charge on any atom is -0.487 e. The van der Waals surface area contributed by atoms with E-state index in [9.17, 15) is 0 Å². The molecule has 1 aromatic carbocycles. The van der Waals surface area contributed by atoms with Crippen LogP contribution >= 0.6 is 0 Å². The number of benzene rings is 1. The van der Waals surface area contributed by atoms with Crippen LogP contribution < -0.4 is 10.1 Å². The van der Waals surface area contributed by atoms with Crippen LogP contribution in [0.3, 0.4) is 0 Å². The fraction of sp³-hybridized carbons (Fsp3) is 0.389. The van der Waals surface area contributed by atoms with Gasteiger partial charge in [-0.1, -0.05) is 18.2 Å². The summed E-state index contributed by atoms with van der Waals surface area (Å²) in [4.78, 5) is 6.76. The molecule has 4 nitrogen and oxygen atoms in total. The highest BCUT2D eigenvalue weighted by atomic mass is 16.5. The Morgan fingerprint density at radius 3 is 3.05 bits per heavy atom. The van der Waals surface area contributed by atoms with Gasteiger partial charge in [-0.05, 0) is 36.8 Å². The first-order valence-corrected chi connectivity index (χ1v) is 7.87. The van der Waals surface area contributed by atoms with Gasteiger partial charge in [-0.2, -0.15) is 0 Å². The maximum absolute atomic E-state index is 5.85. The van der Waals surface area contributed by atoms with Crippen LogP contribution in [0.2, 0.25) is 0 Å². The first-order chi connectivity index (χ1) is 10.8. The van der Waals surface area contributed by atoms with Crippen molar-refractivity contribution in [3.8, 4) is 5.75 Å². The van der Waals surface area contributed by atoms with Crippen molar-refractivity contribution in [3.63, 3.8) is 0 Å². The minimum atomic E-state index is 0.509. The summed E-state index contributed by atoms with van der Waals surface area (Å²) in [6.07, 6.45) is 1.79. The Morgan fingerprint density at radius 2 is 2.23 bits per heavy atom. The second-order valence-electron chi connectivity index (χ2n) is 5.85. The van der Waals surface area contributed by atoms with E-state index in [0.29, 0.717) is 12.6 Å². The number of piperazine rings is 1. The smallest absolute Gasteiger partial charge is 0.130 e. The molecule has 0 aliphatic carbocycles. The van der Waals surface area contributed by atoms with Crippen LogP contribution in [0.4, 0.5) is 0 Å². The number of aromatic nitrogens is 1. The zero-order valence-electron chi connectivity index (χ0n) is 13.0. The molecule has 4 heteroatoms. The average Bonchev–Trinajstić information content (AvgIpc) is 2.54. The summed E-state index contributed by atoms with van der Waals surface area (Å²) in [5.41, 5.74) is 2.25. The zero-order chi connectivity index (χ0) is 15.2. The SMILES string of the molecule is C[C@@H]1CN(Cc2cccc(OCc3ccccn3)c2)CCN1. The van der Waals surface area contributed by atoms with Gasteiger partial charge in [-0.15, -0.1) is 0 Å². The van der Waals surface area contributed by atoms with Gasteiger partial charge in [0.2, 0.25) is 0 Å². The molecule has 0 saturated carbocycles. The van der Waals surface area contributed by atoms with E-state index in [2.05, 4.69) is 40.3 Å². The highest BCUT2D eigenvalue weighted by Gasteiger charge is 2.15. The molecule has 1 aliphatic heterocycles. The number of pyridine rings is 1. The monoisotopic (exact) mass is 297 g/mol. The fourth-order valence-electron chi connectivity index (χ4n) is 2.79. The molecule has 22 heavy (non-hydrogen) atoms. The molecule has 0 spiro atoms. The summed E-state index contributed by atoms with van der Waals surface area (Å²) in [7, 11) is 0. The summed E-state index contributed by atoms with van der Waals surface area (Å²) in [6.45, 7) is 6.99. The van der Waals surface area contributed by atoms with Crippen molar-refractivity contribution in [2.75, 3.05) is 19.6 Å². The Balaban J connectivity index is 1.57. The van der Waals surface area contributed by atoms with Gasteiger partial charge in [0.1, 0.15) is 12.4 Å². The molecule has 0 unspecified atom stereocenters. The Kier molecular flexibility index (Phi) is 5.03. The lowest BCUT2D eigenvalue weighted by Crippen LogP contribution is -2.48. The van der Waals surface area contributed by atoms with Gasteiger partial charge in [-0.3, -0.25) is 9.88 Å². The molecule has 0 radical (unpaired) electrons. The van der Waals surface area contributed by atoms with Gasteiger partial charge in [0.05, 0.1) is 5.69 Å². The van der Waals surface area contributed by atoms with E-state index < -0.39 is 0 Å². The molecule has 1 saturated heterocycles. The molecular weight excluding hydrogens is 274 g/mol. The Labute approximate surface area is 132 Å². The topological polar surface area (TPSA) is 37.4 Å². The lowest BCUT2D eigenvalue weighted by atomic mass is 10.1. The molecule has 1 atom stereocenters. The largest absolute Gasteiger partial charge is 0.487 e. The second-order valence-corrected chi connectivity index (χ2v) is 5.85. The van der Waals surface area contributed by atoms with Crippen molar-refractivity contribution in [1.82, 2.24) is 15.2 Å². The molecule has 1 aliphatic rings. The maximum Gasteiger partial charge on any atom is 0.130 e. The summed E-state index contributed by atoms with van der Waals surface area (Å²) >= 11 is 0. The van der Waals surface area contributed by atoms with Crippen LogP contribution in [0, 0.1) is 0 Å². The fourth-order valence-corrected chi connectivity index (χ4v) is 2.79. The predicted octanol–water partition coefficient (Wildman–Crippen LogP) is 2.45. The van der Waals surface area contributed by atoms with Crippen LogP contribution in [0.5, 0.6) is 5.75 Å². The Bertz CT molecular complexity index is 588. The summed E-state index contributed by atoms with van der Waals surface area (Å²) in [5, 5.41) is 3.47. The van der Waals surface area contributed by atoms with Gasteiger partial charge in [0.25, 0.3) is 0 Å². The van der Waals surface area contributed by atoms with Crippen molar-refractivity contribution in [3.05, 3.63) is 59.9 Å². The van der Waals surface area contributed by atoms with Crippen molar-refractivity contribution in [1.29, 1.82) is 0 Å². The maximum atomic E-state index is 5.85. The number of hydrogen-bond donors (Lipinski definition) is 1. The van der Waals surface area contributed by atoms with Crippen molar-refractivity contribution >= 4 is 0 Å². The molecule has 0 bridgehead atoms. The standard InChI is InChI=1S/C18H23N3O/c1-15-12-21(10-9-19-15)13-16-5-4-7-18(11-16)22-14-17-6-2-3-8-20-17/h2-8,11,15,19H,9-10,12-14H2,1H3/t15-/m1/s1. The average molecular weight is 297 g/mol. The Hall–Kier alpha value is -1.91. The van der Waals surface area contributed by atoms with Gasteiger partial charge >= 0.3 is 0 Å².